The molecule has 86 valence electrons. The van der Waals surface area contributed by atoms with E-state index >= 15 is 0 Å². The summed E-state index contributed by atoms with van der Waals surface area (Å²) in [6.07, 6.45) is -1.14. The summed E-state index contributed by atoms with van der Waals surface area (Å²) in [5.41, 5.74) is 0.884. The molecule has 1 aromatic carbocycles. The lowest BCUT2D eigenvalue weighted by molar-refractivity contribution is -0.176. The molecule has 2 rings (SSSR count). The van der Waals surface area contributed by atoms with Crippen LogP contribution < -0.4 is 0 Å². The van der Waals surface area contributed by atoms with Crippen LogP contribution in [0.4, 0.5) is 13.2 Å². The number of hydrogen-bond acceptors (Lipinski definition) is 1. The number of benzene rings is 1. The molecule has 1 aliphatic rings. The zero-order valence-electron chi connectivity index (χ0n) is 8.42. The number of hydrogen-bond donors (Lipinski definition) is 0. The van der Waals surface area contributed by atoms with Gasteiger partial charge in [0.1, 0.15) is 0 Å². The lowest BCUT2D eigenvalue weighted by Gasteiger charge is -2.33. The Balaban J connectivity index is 2.59. The fourth-order valence-electron chi connectivity index (χ4n) is 1.87. The first-order valence-electron chi connectivity index (χ1n) is 4.66. The quantitative estimate of drug-likeness (QED) is 0.699. The van der Waals surface area contributed by atoms with E-state index in [2.05, 4.69) is 15.9 Å². The zero-order chi connectivity index (χ0) is 11.9. The highest BCUT2D eigenvalue weighted by Crippen LogP contribution is 2.42. The van der Waals surface area contributed by atoms with Crippen LogP contribution in [-0.2, 0) is 0 Å². The van der Waals surface area contributed by atoms with Gasteiger partial charge in [-0.05, 0) is 23.3 Å². The van der Waals surface area contributed by atoms with Crippen LogP contribution in [0.1, 0.15) is 17.2 Å². The summed E-state index contributed by atoms with van der Waals surface area (Å²) in [5.74, 6) is 0. The second-order valence-corrected chi connectivity index (χ2v) is 4.52. The minimum Gasteiger partial charge on any atom is -0.365 e. The highest BCUT2D eigenvalue weighted by molar-refractivity contribution is 9.10. The summed E-state index contributed by atoms with van der Waals surface area (Å²) < 4.78 is 39.4. The molecule has 1 aliphatic heterocycles. The van der Waals surface area contributed by atoms with E-state index in [1.54, 1.807) is 18.2 Å². The summed E-state index contributed by atoms with van der Waals surface area (Å²) in [6, 6.07) is 3.31. The summed E-state index contributed by atoms with van der Waals surface area (Å²) >= 11 is 3.26. The van der Waals surface area contributed by atoms with Crippen LogP contribution >= 0.6 is 15.9 Å². The van der Waals surface area contributed by atoms with E-state index in [0.29, 0.717) is 10.0 Å². The van der Waals surface area contributed by atoms with Crippen molar-refractivity contribution in [1.29, 1.82) is 0 Å². The Bertz CT molecular complexity index is 439. The summed E-state index contributed by atoms with van der Waals surface area (Å²) in [4.78, 5) is 1.18. The minimum atomic E-state index is -4.27. The molecule has 1 aromatic rings. The van der Waals surface area contributed by atoms with Crippen molar-refractivity contribution in [2.75, 3.05) is 7.05 Å². The molecule has 0 bridgehead atoms. The summed E-state index contributed by atoms with van der Waals surface area (Å²) in [7, 11) is 1.43. The standard InChI is InChI=1S/C11H9BrF3N/c1-16-6-5-7-8(3-2-4-9(7)12)10(16)11(13,14)15/h2-6,10H,1H3. The average molecular weight is 292 g/mol. The van der Waals surface area contributed by atoms with Crippen LogP contribution in [0.2, 0.25) is 0 Å². The predicted octanol–water partition coefficient (Wildman–Crippen LogP) is 3.97. The van der Waals surface area contributed by atoms with Crippen molar-refractivity contribution in [3.63, 3.8) is 0 Å². The smallest absolute Gasteiger partial charge is 0.365 e. The molecular weight excluding hydrogens is 283 g/mol. The average Bonchev–Trinajstić information content (AvgIpc) is 2.15. The van der Waals surface area contributed by atoms with Gasteiger partial charge in [0.15, 0.2) is 6.04 Å². The van der Waals surface area contributed by atoms with Gasteiger partial charge in [-0.2, -0.15) is 13.2 Å². The van der Waals surface area contributed by atoms with Gasteiger partial charge in [-0.15, -0.1) is 0 Å². The third-order valence-corrected chi connectivity index (χ3v) is 3.27. The second kappa shape index (κ2) is 3.80. The third-order valence-electron chi connectivity index (χ3n) is 2.57. The van der Waals surface area contributed by atoms with Gasteiger partial charge >= 0.3 is 6.18 Å². The number of rotatable bonds is 0. The lowest BCUT2D eigenvalue weighted by atomic mass is 9.96. The summed E-state index contributed by atoms with van der Waals surface area (Å²) in [6.45, 7) is 0. The van der Waals surface area contributed by atoms with Gasteiger partial charge in [0, 0.05) is 17.7 Å². The molecule has 1 nitrogen and oxygen atoms in total. The molecule has 0 radical (unpaired) electrons. The van der Waals surface area contributed by atoms with Gasteiger partial charge in [-0.1, -0.05) is 28.1 Å². The molecular formula is C11H9BrF3N. The van der Waals surface area contributed by atoms with E-state index in [-0.39, 0.29) is 5.56 Å². The number of halogens is 4. The Morgan fingerprint density at radius 2 is 2.00 bits per heavy atom. The first-order valence-corrected chi connectivity index (χ1v) is 5.46. The molecule has 0 fully saturated rings. The van der Waals surface area contributed by atoms with Crippen molar-refractivity contribution < 1.29 is 13.2 Å². The molecule has 16 heavy (non-hydrogen) atoms. The highest BCUT2D eigenvalue weighted by Gasteiger charge is 2.44. The normalized spacial score (nSPS) is 19.8. The van der Waals surface area contributed by atoms with Crippen LogP contribution in [0.5, 0.6) is 0 Å². The Labute approximate surface area is 99.7 Å². The van der Waals surface area contributed by atoms with E-state index in [4.69, 9.17) is 0 Å². The van der Waals surface area contributed by atoms with Crippen LogP contribution in [0.3, 0.4) is 0 Å². The van der Waals surface area contributed by atoms with Gasteiger partial charge < -0.3 is 4.90 Å². The first kappa shape index (κ1) is 11.5. The maximum atomic E-state index is 12.9. The molecule has 0 N–H and O–H groups in total. The fraction of sp³-hybridized carbons (Fsp3) is 0.273. The SMILES string of the molecule is CN1C=Cc2c(Br)cccc2C1C(F)(F)F. The third kappa shape index (κ3) is 1.84. The topological polar surface area (TPSA) is 3.24 Å². The maximum absolute atomic E-state index is 12.9. The van der Waals surface area contributed by atoms with Gasteiger partial charge in [-0.25, -0.2) is 0 Å². The van der Waals surface area contributed by atoms with E-state index < -0.39 is 12.2 Å². The second-order valence-electron chi connectivity index (χ2n) is 3.67. The van der Waals surface area contributed by atoms with Crippen molar-refractivity contribution >= 4 is 22.0 Å². The Morgan fingerprint density at radius 3 is 2.62 bits per heavy atom. The highest BCUT2D eigenvalue weighted by atomic mass is 79.9. The molecule has 0 spiro atoms. The maximum Gasteiger partial charge on any atom is 0.412 e. The van der Waals surface area contributed by atoms with E-state index in [9.17, 15) is 13.2 Å². The number of nitrogens with zero attached hydrogens (tertiary/aromatic N) is 1. The Morgan fingerprint density at radius 1 is 1.31 bits per heavy atom. The first-order chi connectivity index (χ1) is 7.41. The van der Waals surface area contributed by atoms with E-state index in [1.807, 2.05) is 0 Å². The predicted molar refractivity (Wildman–Crippen MR) is 59.7 cm³/mol. The zero-order valence-corrected chi connectivity index (χ0v) is 10.0. The molecule has 0 aliphatic carbocycles. The van der Waals surface area contributed by atoms with Gasteiger partial charge in [-0.3, -0.25) is 0 Å². The molecule has 1 atom stereocenters. The lowest BCUT2D eigenvalue weighted by Crippen LogP contribution is -2.34. The Hall–Kier alpha value is -0.970. The van der Waals surface area contributed by atoms with Crippen LogP contribution in [-0.4, -0.2) is 18.1 Å². The van der Waals surface area contributed by atoms with Crippen molar-refractivity contribution in [3.05, 3.63) is 40.0 Å². The van der Waals surface area contributed by atoms with Crippen LogP contribution in [0.15, 0.2) is 28.9 Å². The minimum absolute atomic E-state index is 0.284. The monoisotopic (exact) mass is 291 g/mol. The molecule has 0 aromatic heterocycles. The number of fused-ring (bicyclic) bond motifs is 1. The molecule has 5 heteroatoms. The summed E-state index contributed by atoms with van der Waals surface area (Å²) in [5, 5.41) is 0. The molecule has 1 heterocycles. The molecule has 0 saturated carbocycles. The van der Waals surface area contributed by atoms with Gasteiger partial charge in [0.2, 0.25) is 0 Å². The van der Waals surface area contributed by atoms with Gasteiger partial charge in [0.05, 0.1) is 0 Å². The number of alkyl halides is 3. The largest absolute Gasteiger partial charge is 0.412 e. The van der Waals surface area contributed by atoms with Crippen molar-refractivity contribution in [2.45, 2.75) is 12.2 Å². The van der Waals surface area contributed by atoms with Gasteiger partial charge in [0.25, 0.3) is 0 Å². The Kier molecular flexibility index (Phi) is 2.74. The molecule has 0 saturated heterocycles. The van der Waals surface area contributed by atoms with E-state index in [1.165, 1.54) is 24.2 Å². The van der Waals surface area contributed by atoms with Crippen molar-refractivity contribution in [2.24, 2.45) is 0 Å². The van der Waals surface area contributed by atoms with Crippen molar-refractivity contribution in [1.82, 2.24) is 4.90 Å². The van der Waals surface area contributed by atoms with E-state index in [0.717, 1.165) is 0 Å². The fourth-order valence-corrected chi connectivity index (χ4v) is 2.39. The van der Waals surface area contributed by atoms with Crippen LogP contribution in [0.25, 0.3) is 6.08 Å². The molecule has 0 amide bonds. The molecule has 1 unspecified atom stereocenters. The van der Waals surface area contributed by atoms with Crippen molar-refractivity contribution in [3.8, 4) is 0 Å². The van der Waals surface area contributed by atoms with Crippen LogP contribution in [0, 0.1) is 0 Å².